The normalized spacial score (nSPS) is 10.0. The SMILES string of the molecule is CCOc1cc(C(=O)CC(=O)O)cc(OCC)c1OCC. The number of Topliss-reactive ketones (excluding diaryl/α,β-unsaturated/α-hetero) is 1. The van der Waals surface area contributed by atoms with Gasteiger partial charge in [0, 0.05) is 5.56 Å². The van der Waals surface area contributed by atoms with Crippen LogP contribution in [0.5, 0.6) is 17.2 Å². The molecule has 6 heteroatoms. The predicted molar refractivity (Wildman–Crippen MR) is 76.5 cm³/mol. The number of ether oxygens (including phenoxy) is 3. The second-order valence-corrected chi connectivity index (χ2v) is 4.09. The Labute approximate surface area is 123 Å². The number of carbonyl (C=O) groups is 2. The highest BCUT2D eigenvalue weighted by atomic mass is 16.5. The van der Waals surface area contributed by atoms with Crippen LogP contribution < -0.4 is 14.2 Å². The number of rotatable bonds is 9. The first-order valence-electron chi connectivity index (χ1n) is 6.84. The maximum Gasteiger partial charge on any atom is 0.311 e. The first kappa shape index (κ1) is 16.8. The van der Waals surface area contributed by atoms with Crippen LogP contribution in [-0.4, -0.2) is 36.7 Å². The lowest BCUT2D eigenvalue weighted by Crippen LogP contribution is -2.09. The topological polar surface area (TPSA) is 82.1 Å². The molecule has 1 rings (SSSR count). The summed E-state index contributed by atoms with van der Waals surface area (Å²) >= 11 is 0. The zero-order valence-electron chi connectivity index (χ0n) is 12.5. The smallest absolute Gasteiger partial charge is 0.311 e. The quantitative estimate of drug-likeness (QED) is 0.557. The Bertz CT molecular complexity index is 482. The van der Waals surface area contributed by atoms with Crippen LogP contribution in [0.25, 0.3) is 0 Å². The zero-order valence-corrected chi connectivity index (χ0v) is 12.5. The molecule has 0 aliphatic rings. The molecule has 0 saturated carbocycles. The molecule has 0 unspecified atom stereocenters. The molecule has 0 spiro atoms. The summed E-state index contributed by atoms with van der Waals surface area (Å²) < 4.78 is 16.4. The van der Waals surface area contributed by atoms with Gasteiger partial charge in [-0.1, -0.05) is 0 Å². The van der Waals surface area contributed by atoms with Gasteiger partial charge in [0.2, 0.25) is 5.75 Å². The minimum Gasteiger partial charge on any atom is -0.490 e. The fraction of sp³-hybridized carbons (Fsp3) is 0.467. The Kier molecular flexibility index (Phi) is 6.52. The number of carbonyl (C=O) groups excluding carboxylic acids is 1. The van der Waals surface area contributed by atoms with Crippen LogP contribution in [0.3, 0.4) is 0 Å². The third-order valence-corrected chi connectivity index (χ3v) is 2.54. The summed E-state index contributed by atoms with van der Waals surface area (Å²) in [6.45, 7) is 6.64. The van der Waals surface area contributed by atoms with Crippen molar-refractivity contribution in [3.05, 3.63) is 17.7 Å². The van der Waals surface area contributed by atoms with Crippen LogP contribution in [0, 0.1) is 0 Å². The van der Waals surface area contributed by atoms with Crippen molar-refractivity contribution in [3.63, 3.8) is 0 Å². The van der Waals surface area contributed by atoms with Gasteiger partial charge in [-0.15, -0.1) is 0 Å². The number of hydrogen-bond donors (Lipinski definition) is 1. The molecule has 6 nitrogen and oxygen atoms in total. The highest BCUT2D eigenvalue weighted by Crippen LogP contribution is 2.39. The molecule has 0 heterocycles. The van der Waals surface area contributed by atoms with Gasteiger partial charge >= 0.3 is 5.97 Å². The molecule has 0 radical (unpaired) electrons. The van der Waals surface area contributed by atoms with Gasteiger partial charge in [0.1, 0.15) is 6.42 Å². The van der Waals surface area contributed by atoms with Crippen molar-refractivity contribution in [2.45, 2.75) is 27.2 Å². The molecule has 0 fully saturated rings. The van der Waals surface area contributed by atoms with Gasteiger partial charge < -0.3 is 19.3 Å². The Hall–Kier alpha value is -2.24. The average Bonchev–Trinajstić information content (AvgIpc) is 2.41. The number of ketones is 1. The third-order valence-electron chi connectivity index (χ3n) is 2.54. The summed E-state index contributed by atoms with van der Waals surface area (Å²) in [5, 5.41) is 8.72. The summed E-state index contributed by atoms with van der Waals surface area (Å²) in [4.78, 5) is 22.6. The van der Waals surface area contributed by atoms with E-state index in [1.807, 2.05) is 20.8 Å². The van der Waals surface area contributed by atoms with E-state index in [0.717, 1.165) is 0 Å². The maximum absolute atomic E-state index is 11.9. The molecule has 21 heavy (non-hydrogen) atoms. The molecule has 0 atom stereocenters. The van der Waals surface area contributed by atoms with E-state index in [-0.39, 0.29) is 5.56 Å². The number of carboxylic acid groups (broad SMARTS) is 1. The van der Waals surface area contributed by atoms with Crippen LogP contribution in [0.15, 0.2) is 12.1 Å². The second kappa shape index (κ2) is 8.14. The minimum atomic E-state index is -1.18. The molecule has 0 bridgehead atoms. The number of aliphatic carboxylic acids is 1. The third kappa shape index (κ3) is 4.66. The highest BCUT2D eigenvalue weighted by molar-refractivity contribution is 6.06. The molecule has 116 valence electrons. The number of benzene rings is 1. The number of hydrogen-bond acceptors (Lipinski definition) is 5. The summed E-state index contributed by atoms with van der Waals surface area (Å²) in [5.41, 5.74) is 0.229. The average molecular weight is 296 g/mol. The van der Waals surface area contributed by atoms with E-state index in [9.17, 15) is 9.59 Å². The van der Waals surface area contributed by atoms with E-state index in [1.54, 1.807) is 0 Å². The fourth-order valence-corrected chi connectivity index (χ4v) is 1.79. The summed E-state index contributed by atoms with van der Waals surface area (Å²) in [6, 6.07) is 2.98. The molecule has 1 aromatic rings. The molecular weight excluding hydrogens is 276 g/mol. The summed E-state index contributed by atoms with van der Waals surface area (Å²) in [7, 11) is 0. The van der Waals surface area contributed by atoms with Crippen LogP contribution in [-0.2, 0) is 4.79 Å². The van der Waals surface area contributed by atoms with Crippen molar-refractivity contribution in [1.82, 2.24) is 0 Å². The lowest BCUT2D eigenvalue weighted by Gasteiger charge is -2.16. The van der Waals surface area contributed by atoms with Crippen molar-refractivity contribution in [2.24, 2.45) is 0 Å². The van der Waals surface area contributed by atoms with Gasteiger partial charge in [-0.2, -0.15) is 0 Å². The molecule has 1 aromatic carbocycles. The van der Waals surface area contributed by atoms with E-state index >= 15 is 0 Å². The summed E-state index contributed by atoms with van der Waals surface area (Å²) in [6.07, 6.45) is -0.578. The molecule has 1 N–H and O–H groups in total. The first-order chi connectivity index (χ1) is 10.0. The van der Waals surface area contributed by atoms with Crippen molar-refractivity contribution >= 4 is 11.8 Å². The van der Waals surface area contributed by atoms with E-state index in [1.165, 1.54) is 12.1 Å². The lowest BCUT2D eigenvalue weighted by atomic mass is 10.1. The predicted octanol–water partition coefficient (Wildman–Crippen LogP) is 2.54. The first-order valence-corrected chi connectivity index (χ1v) is 6.84. The molecule has 0 amide bonds. The van der Waals surface area contributed by atoms with Crippen LogP contribution in [0.2, 0.25) is 0 Å². The zero-order chi connectivity index (χ0) is 15.8. The van der Waals surface area contributed by atoms with E-state index < -0.39 is 18.2 Å². The molecule has 0 saturated heterocycles. The minimum absolute atomic E-state index is 0.229. The second-order valence-electron chi connectivity index (χ2n) is 4.09. The summed E-state index contributed by atoms with van der Waals surface area (Å²) in [5.74, 6) is -0.511. The highest BCUT2D eigenvalue weighted by Gasteiger charge is 2.19. The van der Waals surface area contributed by atoms with Crippen LogP contribution >= 0.6 is 0 Å². The van der Waals surface area contributed by atoms with Crippen molar-refractivity contribution in [2.75, 3.05) is 19.8 Å². The molecule has 0 aliphatic heterocycles. The van der Waals surface area contributed by atoms with E-state index in [0.29, 0.717) is 37.1 Å². The van der Waals surface area contributed by atoms with Gasteiger partial charge in [0.05, 0.1) is 19.8 Å². The molecule has 0 aliphatic carbocycles. The maximum atomic E-state index is 11.9. The Morgan fingerprint density at radius 3 is 1.81 bits per heavy atom. The van der Waals surface area contributed by atoms with Crippen LogP contribution in [0.4, 0.5) is 0 Å². The Balaban J connectivity index is 3.27. The standard InChI is InChI=1S/C15H20O6/c1-4-19-12-7-10(11(16)9-14(17)18)8-13(20-5-2)15(12)21-6-3/h7-8H,4-6,9H2,1-3H3,(H,17,18). The van der Waals surface area contributed by atoms with Crippen LogP contribution in [0.1, 0.15) is 37.6 Å². The van der Waals surface area contributed by atoms with Gasteiger partial charge in [-0.25, -0.2) is 0 Å². The van der Waals surface area contributed by atoms with Gasteiger partial charge in [-0.3, -0.25) is 9.59 Å². The Morgan fingerprint density at radius 1 is 0.952 bits per heavy atom. The van der Waals surface area contributed by atoms with Crippen molar-refractivity contribution in [3.8, 4) is 17.2 Å². The van der Waals surface area contributed by atoms with E-state index in [2.05, 4.69) is 0 Å². The Morgan fingerprint density at radius 2 is 1.43 bits per heavy atom. The van der Waals surface area contributed by atoms with Gasteiger partial charge in [0.25, 0.3) is 0 Å². The largest absolute Gasteiger partial charge is 0.490 e. The van der Waals surface area contributed by atoms with Crippen molar-refractivity contribution in [1.29, 1.82) is 0 Å². The molecular formula is C15H20O6. The number of carboxylic acids is 1. The monoisotopic (exact) mass is 296 g/mol. The fourth-order valence-electron chi connectivity index (χ4n) is 1.79. The lowest BCUT2D eigenvalue weighted by molar-refractivity contribution is -0.135. The van der Waals surface area contributed by atoms with Gasteiger partial charge in [-0.05, 0) is 32.9 Å². The van der Waals surface area contributed by atoms with Crippen molar-refractivity contribution < 1.29 is 28.9 Å². The van der Waals surface area contributed by atoms with E-state index in [4.69, 9.17) is 19.3 Å². The molecule has 0 aromatic heterocycles. The van der Waals surface area contributed by atoms with Gasteiger partial charge in [0.15, 0.2) is 17.3 Å².